The van der Waals surface area contributed by atoms with Gasteiger partial charge in [0.2, 0.25) is 0 Å². The van der Waals surface area contributed by atoms with E-state index in [1.807, 2.05) is 35.8 Å². The van der Waals surface area contributed by atoms with Gasteiger partial charge in [-0.1, -0.05) is 23.0 Å². The Bertz CT molecular complexity index is 1370. The number of rotatable bonds is 8. The van der Waals surface area contributed by atoms with Crippen molar-refractivity contribution in [3.8, 4) is 11.5 Å². The van der Waals surface area contributed by atoms with Gasteiger partial charge in [-0.15, -0.1) is 11.3 Å². The number of hydrogen-bond acceptors (Lipinski definition) is 8. The van der Waals surface area contributed by atoms with Crippen molar-refractivity contribution in [2.45, 2.75) is 50.1 Å². The lowest BCUT2D eigenvalue weighted by Gasteiger charge is -2.13. The number of thioether (sulfide) groups is 1. The summed E-state index contributed by atoms with van der Waals surface area (Å²) in [6, 6.07) is 7.77. The van der Waals surface area contributed by atoms with Crippen molar-refractivity contribution in [1.82, 2.24) is 14.7 Å². The quantitative estimate of drug-likeness (QED) is 0.263. The van der Waals surface area contributed by atoms with E-state index in [0.717, 1.165) is 46.5 Å². The lowest BCUT2D eigenvalue weighted by atomic mass is 10.1. The Hall–Kier alpha value is -2.78. The van der Waals surface area contributed by atoms with Gasteiger partial charge in [0.25, 0.3) is 5.56 Å². The van der Waals surface area contributed by atoms with Gasteiger partial charge in [0.15, 0.2) is 16.7 Å². The van der Waals surface area contributed by atoms with Crippen LogP contribution in [0, 0.1) is 6.92 Å². The lowest BCUT2D eigenvalue weighted by molar-refractivity contribution is 0.354. The van der Waals surface area contributed by atoms with Crippen LogP contribution in [0.4, 0.5) is 0 Å². The van der Waals surface area contributed by atoms with Gasteiger partial charge in [0, 0.05) is 17.5 Å². The smallest absolute Gasteiger partial charge is 0.263 e. The standard InChI is InChI=1S/C24H25N3O4S2/c1-14-11-16(31-26-14)13-32-24-25-22-21(17-5-4-6-20(17)33-22)23(28)27(24)10-9-15-7-8-18(29-2)19(12-15)30-3/h7-8,11-12H,4-6,9-10,13H2,1-3H3. The first-order valence-corrected chi connectivity index (χ1v) is 12.7. The SMILES string of the molecule is COc1ccc(CCn2c(SCc3cc(C)no3)nc3sc4c(c3c2=O)CCC4)cc1OC. The van der Waals surface area contributed by atoms with E-state index in [1.165, 1.54) is 22.2 Å². The van der Waals surface area contributed by atoms with Crippen molar-refractivity contribution >= 4 is 33.3 Å². The number of benzene rings is 1. The predicted octanol–water partition coefficient (Wildman–Crippen LogP) is 4.80. The second kappa shape index (κ2) is 9.23. The van der Waals surface area contributed by atoms with E-state index in [-0.39, 0.29) is 5.56 Å². The number of methoxy groups -OCH3 is 2. The lowest BCUT2D eigenvalue weighted by Crippen LogP contribution is -2.24. The molecule has 3 aromatic heterocycles. The van der Waals surface area contributed by atoms with Gasteiger partial charge in [0.05, 0.1) is 31.1 Å². The van der Waals surface area contributed by atoms with Crippen molar-refractivity contribution in [2.75, 3.05) is 14.2 Å². The third-order valence-electron chi connectivity index (χ3n) is 5.88. The highest BCUT2D eigenvalue weighted by Crippen LogP contribution is 2.36. The highest BCUT2D eigenvalue weighted by Gasteiger charge is 2.23. The van der Waals surface area contributed by atoms with Crippen molar-refractivity contribution in [3.63, 3.8) is 0 Å². The number of hydrogen-bond donors (Lipinski definition) is 0. The average Bonchev–Trinajstić information content (AvgIpc) is 3.52. The summed E-state index contributed by atoms with van der Waals surface area (Å²) >= 11 is 3.18. The van der Waals surface area contributed by atoms with E-state index >= 15 is 0 Å². The van der Waals surface area contributed by atoms with E-state index in [2.05, 4.69) is 5.16 Å². The summed E-state index contributed by atoms with van der Waals surface area (Å²) < 4.78 is 18.0. The molecule has 5 rings (SSSR count). The van der Waals surface area contributed by atoms with E-state index < -0.39 is 0 Å². The van der Waals surface area contributed by atoms with Crippen LogP contribution in [0.5, 0.6) is 11.5 Å². The molecule has 7 nitrogen and oxygen atoms in total. The highest BCUT2D eigenvalue weighted by molar-refractivity contribution is 7.98. The van der Waals surface area contributed by atoms with Crippen molar-refractivity contribution < 1.29 is 14.0 Å². The number of nitrogens with zero attached hydrogens (tertiary/aromatic N) is 3. The van der Waals surface area contributed by atoms with Crippen molar-refractivity contribution in [3.05, 3.63) is 62.1 Å². The van der Waals surface area contributed by atoms with Gasteiger partial charge in [-0.2, -0.15) is 0 Å². The highest BCUT2D eigenvalue weighted by atomic mass is 32.2. The second-order valence-corrected chi connectivity index (χ2v) is 10.1. The fourth-order valence-corrected chi connectivity index (χ4v) is 6.47. The van der Waals surface area contributed by atoms with E-state index in [4.69, 9.17) is 19.0 Å². The summed E-state index contributed by atoms with van der Waals surface area (Å²) in [5.41, 5.74) is 3.16. The molecule has 0 fully saturated rings. The Morgan fingerprint density at radius 1 is 1.18 bits per heavy atom. The molecule has 3 heterocycles. The normalized spacial score (nSPS) is 12.9. The van der Waals surface area contributed by atoms with Gasteiger partial charge in [-0.3, -0.25) is 9.36 Å². The van der Waals surface area contributed by atoms with Crippen molar-refractivity contribution in [2.24, 2.45) is 0 Å². The van der Waals surface area contributed by atoms with Crippen LogP contribution in [0.3, 0.4) is 0 Å². The molecule has 172 valence electrons. The fourth-order valence-electron chi connectivity index (χ4n) is 4.26. The maximum absolute atomic E-state index is 13.7. The summed E-state index contributed by atoms with van der Waals surface area (Å²) in [5, 5.41) is 5.48. The van der Waals surface area contributed by atoms with Gasteiger partial charge in [-0.25, -0.2) is 4.98 Å². The summed E-state index contributed by atoms with van der Waals surface area (Å²) in [4.78, 5) is 20.8. The molecular formula is C24H25N3O4S2. The summed E-state index contributed by atoms with van der Waals surface area (Å²) in [7, 11) is 3.25. The topological polar surface area (TPSA) is 79.4 Å². The van der Waals surface area contributed by atoms with E-state index in [9.17, 15) is 4.79 Å². The van der Waals surface area contributed by atoms with Crippen LogP contribution < -0.4 is 15.0 Å². The minimum Gasteiger partial charge on any atom is -0.493 e. The number of thiophene rings is 1. The number of aryl methyl sites for hydroxylation is 4. The van der Waals surface area contributed by atoms with Crippen LogP contribution in [0.2, 0.25) is 0 Å². The van der Waals surface area contributed by atoms with Crippen molar-refractivity contribution in [1.29, 1.82) is 0 Å². The zero-order valence-corrected chi connectivity index (χ0v) is 20.5. The molecule has 1 aromatic carbocycles. The van der Waals surface area contributed by atoms with Crippen LogP contribution in [0.25, 0.3) is 10.2 Å². The summed E-state index contributed by atoms with van der Waals surface area (Å²) in [5.74, 6) is 2.71. The first-order chi connectivity index (χ1) is 16.1. The Kier molecular flexibility index (Phi) is 6.16. The van der Waals surface area contributed by atoms with Crippen LogP contribution in [-0.2, 0) is 31.6 Å². The molecule has 0 radical (unpaired) electrons. The molecule has 0 atom stereocenters. The average molecular weight is 484 g/mol. The zero-order chi connectivity index (χ0) is 22.9. The molecule has 9 heteroatoms. The summed E-state index contributed by atoms with van der Waals surface area (Å²) in [6.07, 6.45) is 3.80. The number of aromatic nitrogens is 3. The first-order valence-electron chi connectivity index (χ1n) is 10.9. The minimum absolute atomic E-state index is 0.0520. The fraction of sp³-hybridized carbons (Fsp3) is 0.375. The second-order valence-electron chi connectivity index (χ2n) is 8.05. The third kappa shape index (κ3) is 4.27. The molecule has 0 unspecified atom stereocenters. The van der Waals surface area contributed by atoms with Crippen LogP contribution in [-0.4, -0.2) is 28.9 Å². The monoisotopic (exact) mass is 483 g/mol. The van der Waals surface area contributed by atoms with Gasteiger partial charge >= 0.3 is 0 Å². The largest absolute Gasteiger partial charge is 0.493 e. The number of ether oxygens (including phenoxy) is 2. The molecule has 0 N–H and O–H groups in total. The first kappa shape index (κ1) is 22.0. The molecule has 0 aliphatic heterocycles. The third-order valence-corrected chi connectivity index (χ3v) is 8.07. The molecule has 33 heavy (non-hydrogen) atoms. The molecular weight excluding hydrogens is 458 g/mol. The molecule has 0 spiro atoms. The molecule has 1 aliphatic rings. The van der Waals surface area contributed by atoms with Gasteiger partial charge in [-0.05, 0) is 55.9 Å². The number of fused-ring (bicyclic) bond motifs is 3. The van der Waals surface area contributed by atoms with Gasteiger partial charge in [0.1, 0.15) is 10.6 Å². The minimum atomic E-state index is 0.0520. The molecule has 0 saturated carbocycles. The summed E-state index contributed by atoms with van der Waals surface area (Å²) in [6.45, 7) is 2.42. The molecule has 0 amide bonds. The maximum atomic E-state index is 13.7. The Labute approximate surface area is 199 Å². The van der Waals surface area contributed by atoms with E-state index in [1.54, 1.807) is 25.6 Å². The molecule has 4 aromatic rings. The molecule has 0 saturated heterocycles. The Balaban J connectivity index is 1.49. The molecule has 1 aliphatic carbocycles. The Morgan fingerprint density at radius 3 is 2.79 bits per heavy atom. The molecule has 0 bridgehead atoms. The predicted molar refractivity (Wildman–Crippen MR) is 130 cm³/mol. The van der Waals surface area contributed by atoms with E-state index in [0.29, 0.717) is 35.4 Å². The van der Waals surface area contributed by atoms with Crippen LogP contribution in [0.15, 0.2) is 38.7 Å². The maximum Gasteiger partial charge on any atom is 0.263 e. The Morgan fingerprint density at radius 2 is 2.03 bits per heavy atom. The van der Waals surface area contributed by atoms with Gasteiger partial charge < -0.3 is 14.0 Å². The van der Waals surface area contributed by atoms with Crippen LogP contribution in [0.1, 0.15) is 33.9 Å². The zero-order valence-electron chi connectivity index (χ0n) is 18.8. The van der Waals surface area contributed by atoms with Crippen LogP contribution >= 0.6 is 23.1 Å².